The van der Waals surface area contributed by atoms with Gasteiger partial charge < -0.3 is 15.5 Å². The Morgan fingerprint density at radius 3 is 2.82 bits per heavy atom. The lowest BCUT2D eigenvalue weighted by Gasteiger charge is -2.24. The van der Waals surface area contributed by atoms with Gasteiger partial charge in [0.05, 0.1) is 0 Å². The van der Waals surface area contributed by atoms with Gasteiger partial charge in [-0.15, -0.1) is 0 Å². The number of hydrogen-bond acceptors (Lipinski definition) is 4. The highest BCUT2D eigenvalue weighted by molar-refractivity contribution is 5.53. The van der Waals surface area contributed by atoms with Crippen LogP contribution in [0.4, 0.5) is 5.69 Å². The van der Waals surface area contributed by atoms with Crippen LogP contribution in [0.3, 0.4) is 0 Å². The van der Waals surface area contributed by atoms with Crippen molar-refractivity contribution in [2.24, 2.45) is 11.7 Å². The molecule has 0 spiro atoms. The van der Waals surface area contributed by atoms with Gasteiger partial charge in [0, 0.05) is 49.3 Å². The molecule has 0 bridgehead atoms. The third-order valence-corrected chi connectivity index (χ3v) is 3.67. The van der Waals surface area contributed by atoms with Gasteiger partial charge in [-0.25, -0.2) is 0 Å². The van der Waals surface area contributed by atoms with E-state index in [-0.39, 0.29) is 0 Å². The second-order valence-corrected chi connectivity index (χ2v) is 5.12. The summed E-state index contributed by atoms with van der Waals surface area (Å²) in [7, 11) is 4.31. The van der Waals surface area contributed by atoms with Crippen LogP contribution in [0.2, 0.25) is 0 Å². The van der Waals surface area contributed by atoms with Crippen LogP contribution in [0.25, 0.3) is 0 Å². The zero-order valence-electron chi connectivity index (χ0n) is 10.9. The van der Waals surface area contributed by atoms with Crippen LogP contribution < -0.4 is 10.6 Å². The van der Waals surface area contributed by atoms with Crippen LogP contribution in [-0.4, -0.2) is 43.1 Å². The maximum Gasteiger partial charge on any atom is 0.0443 e. The van der Waals surface area contributed by atoms with Gasteiger partial charge in [0.2, 0.25) is 0 Å². The minimum Gasteiger partial charge on any atom is -0.369 e. The van der Waals surface area contributed by atoms with Crippen molar-refractivity contribution in [2.45, 2.75) is 19.5 Å². The van der Waals surface area contributed by atoms with Crippen molar-refractivity contribution >= 4 is 5.69 Å². The lowest BCUT2D eigenvalue weighted by Crippen LogP contribution is -2.34. The van der Waals surface area contributed by atoms with E-state index in [0.717, 1.165) is 18.7 Å². The van der Waals surface area contributed by atoms with Crippen LogP contribution in [0, 0.1) is 5.92 Å². The summed E-state index contributed by atoms with van der Waals surface area (Å²) in [5, 5.41) is 0. The Morgan fingerprint density at radius 2 is 2.24 bits per heavy atom. The monoisotopic (exact) mass is 234 g/mol. The van der Waals surface area contributed by atoms with Crippen LogP contribution in [0.1, 0.15) is 12.5 Å². The third kappa shape index (κ3) is 2.42. The number of hydrogen-bond donors (Lipinski definition) is 1. The minimum atomic E-state index is 0.556. The smallest absolute Gasteiger partial charge is 0.0443 e. The van der Waals surface area contributed by atoms with Crippen LogP contribution in [0.15, 0.2) is 18.5 Å². The van der Waals surface area contributed by atoms with E-state index in [9.17, 15) is 0 Å². The Hall–Kier alpha value is -1.13. The summed E-state index contributed by atoms with van der Waals surface area (Å²) in [6, 6.07) is 2.70. The fourth-order valence-electron chi connectivity index (χ4n) is 2.70. The maximum absolute atomic E-state index is 5.77. The van der Waals surface area contributed by atoms with E-state index in [1.807, 2.05) is 12.4 Å². The maximum atomic E-state index is 5.77. The SMILES string of the molecule is CC1CN(c2ccncc2CN)CC1N(C)C. The fraction of sp³-hybridized carbons (Fsp3) is 0.615. The van der Waals surface area contributed by atoms with Gasteiger partial charge >= 0.3 is 0 Å². The molecule has 1 aliphatic rings. The first-order valence-electron chi connectivity index (χ1n) is 6.17. The Morgan fingerprint density at radius 1 is 1.47 bits per heavy atom. The van der Waals surface area contributed by atoms with Crippen molar-refractivity contribution in [3.63, 3.8) is 0 Å². The summed E-state index contributed by atoms with van der Waals surface area (Å²) in [5.74, 6) is 0.684. The molecule has 1 aromatic rings. The third-order valence-electron chi connectivity index (χ3n) is 3.67. The molecule has 1 aromatic heterocycles. The summed E-state index contributed by atoms with van der Waals surface area (Å²) in [5.41, 5.74) is 8.16. The van der Waals surface area contributed by atoms with Gasteiger partial charge in [-0.1, -0.05) is 6.92 Å². The van der Waals surface area contributed by atoms with E-state index in [1.165, 1.54) is 5.69 Å². The largest absolute Gasteiger partial charge is 0.369 e. The van der Waals surface area contributed by atoms with Crippen molar-refractivity contribution in [1.29, 1.82) is 0 Å². The average molecular weight is 234 g/mol. The van der Waals surface area contributed by atoms with E-state index < -0.39 is 0 Å². The molecule has 17 heavy (non-hydrogen) atoms. The molecule has 1 saturated heterocycles. The Balaban J connectivity index is 2.19. The van der Waals surface area contributed by atoms with Crippen molar-refractivity contribution in [3.05, 3.63) is 24.0 Å². The lowest BCUT2D eigenvalue weighted by atomic mass is 10.1. The normalized spacial score (nSPS) is 24.6. The number of pyridine rings is 1. The van der Waals surface area contributed by atoms with Crippen molar-refractivity contribution in [1.82, 2.24) is 9.88 Å². The molecule has 1 fully saturated rings. The topological polar surface area (TPSA) is 45.4 Å². The molecule has 2 heterocycles. The summed E-state index contributed by atoms with van der Waals surface area (Å²) in [6.07, 6.45) is 3.73. The molecule has 4 heteroatoms. The van der Waals surface area contributed by atoms with Crippen molar-refractivity contribution in [2.75, 3.05) is 32.1 Å². The van der Waals surface area contributed by atoms with E-state index in [0.29, 0.717) is 18.5 Å². The number of nitrogens with two attached hydrogens (primary N) is 1. The predicted octanol–water partition coefficient (Wildman–Crippen LogP) is 0.927. The van der Waals surface area contributed by atoms with Gasteiger partial charge in [-0.05, 0) is 26.1 Å². The van der Waals surface area contributed by atoms with Crippen LogP contribution >= 0.6 is 0 Å². The number of aromatic nitrogens is 1. The highest BCUT2D eigenvalue weighted by Crippen LogP contribution is 2.27. The summed E-state index contributed by atoms with van der Waals surface area (Å²) in [6.45, 7) is 5.04. The van der Waals surface area contributed by atoms with E-state index in [1.54, 1.807) is 0 Å². The summed E-state index contributed by atoms with van der Waals surface area (Å²) >= 11 is 0. The first-order valence-corrected chi connectivity index (χ1v) is 6.17. The predicted molar refractivity (Wildman–Crippen MR) is 71.0 cm³/mol. The first-order chi connectivity index (χ1) is 8.13. The highest BCUT2D eigenvalue weighted by Gasteiger charge is 2.31. The molecule has 2 rings (SSSR count). The number of rotatable bonds is 3. The molecule has 2 atom stereocenters. The van der Waals surface area contributed by atoms with Gasteiger partial charge in [-0.2, -0.15) is 0 Å². The molecule has 0 amide bonds. The molecule has 4 nitrogen and oxygen atoms in total. The van der Waals surface area contributed by atoms with E-state index in [4.69, 9.17) is 5.73 Å². The summed E-state index contributed by atoms with van der Waals surface area (Å²) < 4.78 is 0. The Bertz CT molecular complexity index is 377. The lowest BCUT2D eigenvalue weighted by molar-refractivity contribution is 0.266. The molecule has 1 aliphatic heterocycles. The molecule has 0 aromatic carbocycles. The zero-order valence-corrected chi connectivity index (χ0v) is 10.9. The van der Waals surface area contributed by atoms with Gasteiger partial charge in [-0.3, -0.25) is 4.98 Å². The van der Waals surface area contributed by atoms with Crippen molar-refractivity contribution < 1.29 is 0 Å². The van der Waals surface area contributed by atoms with E-state index in [2.05, 4.69) is 41.9 Å². The number of nitrogens with zero attached hydrogens (tertiary/aromatic N) is 3. The highest BCUT2D eigenvalue weighted by atomic mass is 15.2. The van der Waals surface area contributed by atoms with E-state index >= 15 is 0 Å². The van der Waals surface area contributed by atoms with Gasteiger partial charge in [0.25, 0.3) is 0 Å². The molecular weight excluding hydrogens is 212 g/mol. The zero-order chi connectivity index (χ0) is 12.4. The average Bonchev–Trinajstić information content (AvgIpc) is 2.71. The Kier molecular flexibility index (Phi) is 3.64. The molecule has 0 aliphatic carbocycles. The molecule has 2 N–H and O–H groups in total. The summed E-state index contributed by atoms with van der Waals surface area (Å²) in [4.78, 5) is 8.89. The van der Waals surface area contributed by atoms with Crippen LogP contribution in [0.5, 0.6) is 0 Å². The number of likely N-dealkylation sites (N-methyl/N-ethyl adjacent to an activating group) is 1. The second kappa shape index (κ2) is 5.02. The molecule has 0 radical (unpaired) electrons. The number of anilines is 1. The van der Waals surface area contributed by atoms with Crippen LogP contribution in [-0.2, 0) is 6.54 Å². The Labute approximate surface area is 103 Å². The second-order valence-electron chi connectivity index (χ2n) is 5.12. The van der Waals surface area contributed by atoms with Gasteiger partial charge in [0.1, 0.15) is 0 Å². The molecule has 2 unspecified atom stereocenters. The first kappa shape index (κ1) is 12.3. The molecular formula is C13H22N4. The standard InChI is InChI=1S/C13H22N4/c1-10-8-17(9-13(10)16(2)3)12-4-5-15-7-11(12)6-14/h4-5,7,10,13H,6,8-9,14H2,1-3H3. The minimum absolute atomic E-state index is 0.556. The molecule has 0 saturated carbocycles. The fourth-order valence-corrected chi connectivity index (χ4v) is 2.70. The quantitative estimate of drug-likeness (QED) is 0.845. The molecule has 94 valence electrons. The van der Waals surface area contributed by atoms with Gasteiger partial charge in [0.15, 0.2) is 0 Å². The van der Waals surface area contributed by atoms with Crippen molar-refractivity contribution in [3.8, 4) is 0 Å².